The Hall–Kier alpha value is -3.16. The van der Waals surface area contributed by atoms with Gasteiger partial charge in [0.25, 0.3) is 0 Å². The minimum Gasteiger partial charge on any atom is -0.454 e. The largest absolute Gasteiger partial charge is 0.454 e. The van der Waals surface area contributed by atoms with Gasteiger partial charge in [0.2, 0.25) is 5.91 Å². The summed E-state index contributed by atoms with van der Waals surface area (Å²) in [5, 5.41) is 57.0. The van der Waals surface area contributed by atoms with Gasteiger partial charge in [0, 0.05) is 6.42 Å². The molecular formula is C66H115NO10. The van der Waals surface area contributed by atoms with Crippen molar-refractivity contribution in [3.63, 3.8) is 0 Å². The number of rotatable bonds is 52. The van der Waals surface area contributed by atoms with Crippen LogP contribution in [0.4, 0.5) is 0 Å². The van der Waals surface area contributed by atoms with Crippen LogP contribution < -0.4 is 5.32 Å². The lowest BCUT2D eigenvalue weighted by atomic mass is 9.99. The number of ether oxygens (including phenoxy) is 3. The molecule has 8 unspecified atom stereocenters. The first-order valence-corrected chi connectivity index (χ1v) is 31.4. The second-order valence-electron chi connectivity index (χ2n) is 21.5. The zero-order chi connectivity index (χ0) is 56.1. The van der Waals surface area contributed by atoms with E-state index in [1.54, 1.807) is 6.08 Å². The van der Waals surface area contributed by atoms with E-state index < -0.39 is 67.4 Å². The molecule has 444 valence electrons. The number of hydrogen-bond donors (Lipinski definition) is 6. The zero-order valence-electron chi connectivity index (χ0n) is 49.1. The number of hydrogen-bond acceptors (Lipinski definition) is 10. The first-order valence-electron chi connectivity index (χ1n) is 31.4. The van der Waals surface area contributed by atoms with E-state index in [9.17, 15) is 35.1 Å². The minimum absolute atomic E-state index is 0.115. The predicted octanol–water partition coefficient (Wildman–Crippen LogP) is 14.9. The first-order chi connectivity index (χ1) is 37.7. The maximum atomic E-state index is 13.4. The highest BCUT2D eigenvalue weighted by Crippen LogP contribution is 2.26. The van der Waals surface area contributed by atoms with Gasteiger partial charge in [0.1, 0.15) is 24.4 Å². The summed E-state index contributed by atoms with van der Waals surface area (Å²) in [5.41, 5.74) is 0. The highest BCUT2D eigenvalue weighted by atomic mass is 16.7. The summed E-state index contributed by atoms with van der Waals surface area (Å²) in [4.78, 5) is 26.5. The Kier molecular flexibility index (Phi) is 49.9. The van der Waals surface area contributed by atoms with Gasteiger partial charge < -0.3 is 45.1 Å². The minimum atomic E-state index is -1.62. The van der Waals surface area contributed by atoms with Crippen LogP contribution in [-0.2, 0) is 23.8 Å². The summed E-state index contributed by atoms with van der Waals surface area (Å²) in [6, 6.07) is -1.04. The van der Waals surface area contributed by atoms with Crippen molar-refractivity contribution in [2.45, 2.75) is 307 Å². The monoisotopic (exact) mass is 1080 g/mol. The Bertz CT molecular complexity index is 1570. The van der Waals surface area contributed by atoms with Crippen LogP contribution in [0.1, 0.15) is 258 Å². The molecule has 1 aliphatic rings. The summed E-state index contributed by atoms with van der Waals surface area (Å²) in [6.07, 6.45) is 59.0. The Morgan fingerprint density at radius 3 is 1.53 bits per heavy atom. The molecule has 6 N–H and O–H groups in total. The molecule has 0 radical (unpaired) electrons. The van der Waals surface area contributed by atoms with Gasteiger partial charge >= 0.3 is 5.97 Å². The number of carbonyl (C=O) groups is 2. The van der Waals surface area contributed by atoms with Gasteiger partial charge in [-0.15, -0.1) is 0 Å². The lowest BCUT2D eigenvalue weighted by molar-refractivity contribution is -0.305. The van der Waals surface area contributed by atoms with Crippen LogP contribution in [0.5, 0.6) is 0 Å². The third-order valence-electron chi connectivity index (χ3n) is 14.4. The van der Waals surface area contributed by atoms with Gasteiger partial charge in [0.05, 0.1) is 25.4 Å². The molecule has 0 aromatic heterocycles. The van der Waals surface area contributed by atoms with Gasteiger partial charge in [-0.2, -0.15) is 0 Å². The van der Waals surface area contributed by atoms with E-state index in [0.717, 1.165) is 77.0 Å². The molecular weight excluding hydrogens is 967 g/mol. The molecule has 11 nitrogen and oxygen atoms in total. The molecule has 1 aliphatic heterocycles. The van der Waals surface area contributed by atoms with Crippen LogP contribution >= 0.6 is 0 Å². The number of aliphatic hydroxyl groups excluding tert-OH is 5. The van der Waals surface area contributed by atoms with Crippen LogP contribution in [0, 0.1) is 0 Å². The second kappa shape index (κ2) is 53.5. The number of esters is 1. The second-order valence-corrected chi connectivity index (χ2v) is 21.5. The standard InChI is InChI=1S/C66H115NO10/c1-4-7-10-13-16-19-22-25-27-28-29-30-31-32-33-36-39-42-45-48-51-54-61(71)77-64-63(73)62(72)60(55-68)76-66(64)75-56-57(58(69)52-49-46-43-40-37-34-24-21-18-15-12-9-6-3)67-65(74)59(70)53-50-47-44-41-38-35-26-23-20-17-14-11-8-5-2/h8,11,14,16-17,19-20,23,25-27,35,49,52,57-60,62-64,66,68-70,72-73H,4-7,9-10,12-13,15,18,21-22,24,28-34,36-48,50-51,53-56H2,1-3H3,(H,67,74)/b11-8+,17-14+,19-16-,23-20+,27-25-,35-26-,52-49+. The van der Waals surface area contributed by atoms with Crippen LogP contribution in [0.25, 0.3) is 0 Å². The fourth-order valence-electron chi connectivity index (χ4n) is 9.40. The van der Waals surface area contributed by atoms with E-state index in [-0.39, 0.29) is 19.4 Å². The third kappa shape index (κ3) is 41.5. The van der Waals surface area contributed by atoms with Crippen LogP contribution in [0.15, 0.2) is 85.1 Å². The number of unbranched alkanes of at least 4 members (excludes halogenated alkanes) is 29. The molecule has 11 heteroatoms. The van der Waals surface area contributed by atoms with E-state index in [0.29, 0.717) is 12.8 Å². The highest BCUT2D eigenvalue weighted by Gasteiger charge is 2.47. The third-order valence-corrected chi connectivity index (χ3v) is 14.4. The van der Waals surface area contributed by atoms with Crippen molar-refractivity contribution in [2.24, 2.45) is 0 Å². The van der Waals surface area contributed by atoms with Crippen molar-refractivity contribution < 1.29 is 49.3 Å². The van der Waals surface area contributed by atoms with Crippen molar-refractivity contribution in [3.05, 3.63) is 85.1 Å². The Morgan fingerprint density at radius 2 is 0.987 bits per heavy atom. The summed E-state index contributed by atoms with van der Waals surface area (Å²) < 4.78 is 17.6. The van der Waals surface area contributed by atoms with Crippen LogP contribution in [-0.4, -0.2) is 99.6 Å². The van der Waals surface area contributed by atoms with Crippen molar-refractivity contribution >= 4 is 11.9 Å². The molecule has 0 aliphatic carbocycles. The molecule has 1 heterocycles. The van der Waals surface area contributed by atoms with Crippen LogP contribution in [0.2, 0.25) is 0 Å². The summed E-state index contributed by atoms with van der Waals surface area (Å²) in [7, 11) is 0. The van der Waals surface area contributed by atoms with Crippen molar-refractivity contribution in [3.8, 4) is 0 Å². The topological polar surface area (TPSA) is 175 Å². The molecule has 0 spiro atoms. The molecule has 0 saturated carbocycles. The van der Waals surface area contributed by atoms with Crippen molar-refractivity contribution in [1.29, 1.82) is 0 Å². The molecule has 8 atom stereocenters. The molecule has 1 saturated heterocycles. The average molecular weight is 1080 g/mol. The molecule has 1 rings (SSSR count). The molecule has 0 aromatic rings. The molecule has 0 aromatic carbocycles. The van der Waals surface area contributed by atoms with E-state index in [2.05, 4.69) is 62.5 Å². The molecule has 77 heavy (non-hydrogen) atoms. The van der Waals surface area contributed by atoms with E-state index in [1.807, 2.05) is 42.5 Å². The fourth-order valence-corrected chi connectivity index (χ4v) is 9.40. The van der Waals surface area contributed by atoms with Gasteiger partial charge in [0.15, 0.2) is 12.4 Å². The number of carbonyl (C=O) groups excluding carboxylic acids is 2. The predicted molar refractivity (Wildman–Crippen MR) is 319 cm³/mol. The number of amides is 1. The maximum Gasteiger partial charge on any atom is 0.306 e. The van der Waals surface area contributed by atoms with Gasteiger partial charge in [-0.1, -0.05) is 260 Å². The SMILES string of the molecule is CC/C=C/C=C/C=C/C=C\CCCCCCC(O)C(=O)NC(COC1OC(CO)C(O)C(O)C1OC(=O)CCCCCCCCCCCCC/C=C\C/C=C\CCCCC)C(O)/C=C/CCCCCCCCCCCCC. The van der Waals surface area contributed by atoms with Gasteiger partial charge in [-0.05, 0) is 77.0 Å². The lowest BCUT2D eigenvalue weighted by Crippen LogP contribution is -2.61. The van der Waals surface area contributed by atoms with Gasteiger partial charge in [-0.3, -0.25) is 9.59 Å². The Labute approximate surface area is 470 Å². The molecule has 1 amide bonds. The Balaban J connectivity index is 2.67. The fraction of sp³-hybridized carbons (Fsp3) is 0.758. The zero-order valence-corrected chi connectivity index (χ0v) is 49.1. The van der Waals surface area contributed by atoms with Crippen LogP contribution in [0.3, 0.4) is 0 Å². The van der Waals surface area contributed by atoms with Crippen molar-refractivity contribution in [2.75, 3.05) is 13.2 Å². The van der Waals surface area contributed by atoms with E-state index in [4.69, 9.17) is 14.2 Å². The maximum absolute atomic E-state index is 13.4. The average Bonchev–Trinajstić information content (AvgIpc) is 3.43. The quantitative estimate of drug-likeness (QED) is 0.0149. The highest BCUT2D eigenvalue weighted by molar-refractivity contribution is 5.80. The van der Waals surface area contributed by atoms with Crippen molar-refractivity contribution in [1.82, 2.24) is 5.32 Å². The summed E-state index contributed by atoms with van der Waals surface area (Å²) in [6.45, 7) is 5.61. The molecule has 0 bridgehead atoms. The normalized spacial score (nSPS) is 19.6. The lowest BCUT2D eigenvalue weighted by Gasteiger charge is -2.41. The van der Waals surface area contributed by atoms with E-state index in [1.165, 1.54) is 135 Å². The van der Waals surface area contributed by atoms with E-state index >= 15 is 0 Å². The van der Waals surface area contributed by atoms with Gasteiger partial charge in [-0.25, -0.2) is 0 Å². The first kappa shape index (κ1) is 71.9. The smallest absolute Gasteiger partial charge is 0.306 e. The number of nitrogens with one attached hydrogen (secondary N) is 1. The molecule has 1 fully saturated rings. The summed E-state index contributed by atoms with van der Waals surface area (Å²) >= 11 is 0. The Morgan fingerprint density at radius 1 is 0.532 bits per heavy atom. The number of aliphatic hydroxyl groups is 5. The summed E-state index contributed by atoms with van der Waals surface area (Å²) in [5.74, 6) is -1.22. The number of allylic oxidation sites excluding steroid dienone is 13.